The summed E-state index contributed by atoms with van der Waals surface area (Å²) in [6.07, 6.45) is 6.86. The number of hydrogen-bond donors (Lipinski definition) is 1. The van der Waals surface area contributed by atoms with Crippen LogP contribution < -0.4 is 0 Å². The number of ether oxygens (including phenoxy) is 1. The van der Waals surface area contributed by atoms with Crippen LogP contribution in [0.4, 0.5) is 0 Å². The second-order valence-electron chi connectivity index (χ2n) is 6.00. The molecular formula is C13H20O3. The summed E-state index contributed by atoms with van der Waals surface area (Å²) in [4.78, 5) is 11.5. The van der Waals surface area contributed by atoms with Gasteiger partial charge in [-0.3, -0.25) is 4.79 Å². The minimum atomic E-state index is -0.615. The SMILES string of the molecule is O=C(O)C1(COCC2CC2)CC2CCC1C2. The Morgan fingerprint density at radius 3 is 2.62 bits per heavy atom. The molecule has 90 valence electrons. The Balaban J connectivity index is 1.63. The molecule has 0 aliphatic heterocycles. The first-order chi connectivity index (χ1) is 7.71. The molecule has 0 radical (unpaired) electrons. The predicted octanol–water partition coefficient (Wildman–Crippen LogP) is 2.30. The Hall–Kier alpha value is -0.570. The average Bonchev–Trinajstić information content (AvgIpc) is 2.86. The van der Waals surface area contributed by atoms with Crippen molar-refractivity contribution in [2.24, 2.45) is 23.2 Å². The fraction of sp³-hybridized carbons (Fsp3) is 0.923. The highest BCUT2D eigenvalue weighted by Crippen LogP contribution is 2.56. The summed E-state index contributed by atoms with van der Waals surface area (Å²) in [6.45, 7) is 1.24. The van der Waals surface area contributed by atoms with Crippen molar-refractivity contribution >= 4 is 5.97 Å². The number of carboxylic acid groups (broad SMARTS) is 1. The lowest BCUT2D eigenvalue weighted by Gasteiger charge is -2.33. The first-order valence-electron chi connectivity index (χ1n) is 6.52. The number of aliphatic carboxylic acids is 1. The van der Waals surface area contributed by atoms with Gasteiger partial charge in [-0.2, -0.15) is 0 Å². The number of fused-ring (bicyclic) bond motifs is 2. The Labute approximate surface area is 96.2 Å². The number of rotatable bonds is 5. The largest absolute Gasteiger partial charge is 0.481 e. The molecule has 3 rings (SSSR count). The second kappa shape index (κ2) is 3.73. The van der Waals surface area contributed by atoms with Gasteiger partial charge in [-0.15, -0.1) is 0 Å². The van der Waals surface area contributed by atoms with Gasteiger partial charge in [0.1, 0.15) is 0 Å². The zero-order valence-electron chi connectivity index (χ0n) is 9.65. The van der Waals surface area contributed by atoms with Crippen molar-refractivity contribution in [1.82, 2.24) is 0 Å². The smallest absolute Gasteiger partial charge is 0.312 e. The normalized spacial score (nSPS) is 41.5. The third-order valence-electron chi connectivity index (χ3n) is 4.81. The summed E-state index contributed by atoms with van der Waals surface area (Å²) in [6, 6.07) is 0. The third kappa shape index (κ3) is 1.65. The maximum absolute atomic E-state index is 11.5. The van der Waals surface area contributed by atoms with Gasteiger partial charge in [-0.05, 0) is 49.9 Å². The highest BCUT2D eigenvalue weighted by atomic mass is 16.5. The van der Waals surface area contributed by atoms with Crippen molar-refractivity contribution in [3.05, 3.63) is 0 Å². The standard InChI is InChI=1S/C13H20O3/c14-12(15)13(8-16-7-9-1-2-9)6-10-3-4-11(13)5-10/h9-11H,1-8H2,(H,14,15). The number of carbonyl (C=O) groups is 1. The van der Waals surface area contributed by atoms with E-state index >= 15 is 0 Å². The first-order valence-corrected chi connectivity index (χ1v) is 6.52. The van der Waals surface area contributed by atoms with E-state index in [-0.39, 0.29) is 0 Å². The molecule has 3 aliphatic rings. The molecule has 3 saturated carbocycles. The van der Waals surface area contributed by atoms with Crippen LogP contribution in [0.3, 0.4) is 0 Å². The molecule has 16 heavy (non-hydrogen) atoms. The molecule has 0 saturated heterocycles. The molecule has 0 heterocycles. The molecule has 3 atom stereocenters. The lowest BCUT2D eigenvalue weighted by atomic mass is 9.74. The van der Waals surface area contributed by atoms with Gasteiger partial charge in [-0.1, -0.05) is 6.42 Å². The van der Waals surface area contributed by atoms with Crippen LogP contribution in [0.15, 0.2) is 0 Å². The maximum atomic E-state index is 11.5. The van der Waals surface area contributed by atoms with Crippen molar-refractivity contribution in [2.75, 3.05) is 13.2 Å². The Kier molecular flexibility index (Phi) is 2.46. The van der Waals surface area contributed by atoms with E-state index in [1.165, 1.54) is 19.3 Å². The zero-order valence-corrected chi connectivity index (χ0v) is 9.65. The summed E-state index contributed by atoms with van der Waals surface area (Å²) in [5.41, 5.74) is -0.530. The molecule has 3 unspecified atom stereocenters. The predicted molar refractivity (Wildman–Crippen MR) is 59.1 cm³/mol. The maximum Gasteiger partial charge on any atom is 0.312 e. The molecule has 0 aromatic carbocycles. The summed E-state index contributed by atoms with van der Waals surface area (Å²) < 4.78 is 5.68. The molecular weight excluding hydrogens is 204 g/mol. The van der Waals surface area contributed by atoms with Gasteiger partial charge in [0.05, 0.1) is 12.0 Å². The van der Waals surface area contributed by atoms with Gasteiger partial charge in [0.15, 0.2) is 0 Å². The van der Waals surface area contributed by atoms with Gasteiger partial charge < -0.3 is 9.84 Å². The van der Waals surface area contributed by atoms with Crippen molar-refractivity contribution in [1.29, 1.82) is 0 Å². The molecule has 0 aromatic rings. The van der Waals surface area contributed by atoms with E-state index < -0.39 is 11.4 Å². The van der Waals surface area contributed by atoms with Crippen LogP contribution in [0.5, 0.6) is 0 Å². The van der Waals surface area contributed by atoms with Crippen molar-refractivity contribution in [3.8, 4) is 0 Å². The lowest BCUT2D eigenvalue weighted by molar-refractivity contribution is -0.157. The minimum absolute atomic E-state index is 0.384. The molecule has 3 fully saturated rings. The monoisotopic (exact) mass is 224 g/mol. The van der Waals surface area contributed by atoms with Crippen LogP contribution in [-0.2, 0) is 9.53 Å². The molecule has 3 heteroatoms. The lowest BCUT2D eigenvalue weighted by Crippen LogP contribution is -2.41. The molecule has 3 aliphatic carbocycles. The highest BCUT2D eigenvalue weighted by Gasteiger charge is 2.56. The van der Waals surface area contributed by atoms with Crippen LogP contribution in [0.25, 0.3) is 0 Å². The van der Waals surface area contributed by atoms with Crippen LogP contribution in [0, 0.1) is 23.2 Å². The van der Waals surface area contributed by atoms with Gasteiger partial charge in [0.2, 0.25) is 0 Å². The Bertz CT molecular complexity index is 298. The molecule has 2 bridgehead atoms. The van der Waals surface area contributed by atoms with E-state index in [1.54, 1.807) is 0 Å². The van der Waals surface area contributed by atoms with Crippen LogP contribution in [0.2, 0.25) is 0 Å². The second-order valence-corrected chi connectivity index (χ2v) is 6.00. The molecule has 0 amide bonds. The van der Waals surface area contributed by atoms with Gasteiger partial charge in [0.25, 0.3) is 0 Å². The Morgan fingerprint density at radius 2 is 2.12 bits per heavy atom. The van der Waals surface area contributed by atoms with Crippen LogP contribution >= 0.6 is 0 Å². The van der Waals surface area contributed by atoms with E-state index in [4.69, 9.17) is 4.74 Å². The summed E-state index contributed by atoms with van der Waals surface area (Å²) in [7, 11) is 0. The van der Waals surface area contributed by atoms with Crippen LogP contribution in [0.1, 0.15) is 38.5 Å². The summed E-state index contributed by atoms with van der Waals surface area (Å²) >= 11 is 0. The molecule has 3 nitrogen and oxygen atoms in total. The van der Waals surface area contributed by atoms with E-state index in [0.29, 0.717) is 18.4 Å². The zero-order chi connectivity index (χ0) is 11.2. The van der Waals surface area contributed by atoms with Crippen molar-refractivity contribution in [3.63, 3.8) is 0 Å². The van der Waals surface area contributed by atoms with Gasteiger partial charge in [-0.25, -0.2) is 0 Å². The number of carboxylic acids is 1. The Morgan fingerprint density at radius 1 is 1.31 bits per heavy atom. The van der Waals surface area contributed by atoms with E-state index in [1.807, 2.05) is 0 Å². The highest BCUT2D eigenvalue weighted by molar-refractivity contribution is 5.76. The average molecular weight is 224 g/mol. The van der Waals surface area contributed by atoms with E-state index in [9.17, 15) is 9.90 Å². The topological polar surface area (TPSA) is 46.5 Å². The number of hydrogen-bond acceptors (Lipinski definition) is 2. The van der Waals surface area contributed by atoms with Gasteiger partial charge in [0, 0.05) is 6.61 Å². The van der Waals surface area contributed by atoms with Crippen molar-refractivity contribution < 1.29 is 14.6 Å². The first kappa shape index (κ1) is 10.6. The molecule has 0 aromatic heterocycles. The molecule has 1 N–H and O–H groups in total. The van der Waals surface area contributed by atoms with E-state index in [2.05, 4.69) is 0 Å². The quantitative estimate of drug-likeness (QED) is 0.779. The third-order valence-corrected chi connectivity index (χ3v) is 4.81. The summed E-state index contributed by atoms with van der Waals surface area (Å²) in [5.74, 6) is 1.15. The minimum Gasteiger partial charge on any atom is -0.481 e. The van der Waals surface area contributed by atoms with E-state index in [0.717, 1.165) is 31.8 Å². The van der Waals surface area contributed by atoms with Crippen molar-refractivity contribution in [2.45, 2.75) is 38.5 Å². The fourth-order valence-corrected chi connectivity index (χ4v) is 3.64. The van der Waals surface area contributed by atoms with Gasteiger partial charge >= 0.3 is 5.97 Å². The molecule has 0 spiro atoms. The summed E-state index contributed by atoms with van der Waals surface area (Å²) in [5, 5.41) is 9.49. The fourth-order valence-electron chi connectivity index (χ4n) is 3.64. The van der Waals surface area contributed by atoms with Crippen LogP contribution in [-0.4, -0.2) is 24.3 Å².